The maximum atomic E-state index is 11.6. The topological polar surface area (TPSA) is 89.0 Å². The molecule has 7 nitrogen and oxygen atoms in total. The van der Waals surface area contributed by atoms with Crippen LogP contribution in [0.15, 0.2) is 26.4 Å². The van der Waals surface area contributed by atoms with Crippen molar-refractivity contribution in [3.05, 3.63) is 32.9 Å². The Hall–Kier alpha value is -2.09. The minimum atomic E-state index is -0.632. The number of nitrogens with zero attached hydrogens (tertiary/aromatic N) is 3. The lowest BCUT2D eigenvalue weighted by Crippen LogP contribution is -2.16. The summed E-state index contributed by atoms with van der Waals surface area (Å²) in [6.45, 7) is 0. The Kier molecular flexibility index (Phi) is 3.19. The monoisotopic (exact) mass is 267 g/mol. The molecule has 0 saturated heterocycles. The molecule has 0 unspecified atom stereocenters. The minimum Gasteiger partial charge on any atom is -0.401 e. The molecule has 2 rings (SSSR count). The number of carbonyl (C=O) groups excluding carboxylic acids is 1. The van der Waals surface area contributed by atoms with Crippen LogP contribution in [0.2, 0.25) is 0 Å². The van der Waals surface area contributed by atoms with Crippen LogP contribution in [-0.4, -0.2) is 35.0 Å². The van der Waals surface area contributed by atoms with Gasteiger partial charge in [-0.05, 0) is 17.8 Å². The van der Waals surface area contributed by atoms with Crippen LogP contribution in [0.5, 0.6) is 0 Å². The molecule has 0 aromatic carbocycles. The highest BCUT2D eigenvalue weighted by Gasteiger charge is 2.23. The van der Waals surface area contributed by atoms with Gasteiger partial charge in [-0.2, -0.15) is 4.99 Å². The van der Waals surface area contributed by atoms with Crippen molar-refractivity contribution < 1.29 is 14.1 Å². The Balaban J connectivity index is 2.20. The maximum absolute atomic E-state index is 11.6. The largest absolute Gasteiger partial charge is 0.433 e. The highest BCUT2D eigenvalue weighted by Crippen LogP contribution is 2.30. The summed E-state index contributed by atoms with van der Waals surface area (Å²) < 4.78 is 4.95. The Morgan fingerprint density at radius 3 is 2.72 bits per heavy atom. The van der Waals surface area contributed by atoms with Gasteiger partial charge in [0.1, 0.15) is 10.7 Å². The second-order valence-corrected chi connectivity index (χ2v) is 4.65. The number of hydrogen-bond donors (Lipinski definition) is 0. The summed E-state index contributed by atoms with van der Waals surface area (Å²) in [4.78, 5) is 27.3. The molecule has 0 radical (unpaired) electrons. The molecule has 0 fully saturated rings. The van der Waals surface area contributed by atoms with Gasteiger partial charge < -0.3 is 9.32 Å². The number of thioether (sulfide) groups is 1. The van der Waals surface area contributed by atoms with E-state index in [1.165, 1.54) is 30.0 Å². The molecule has 0 bridgehead atoms. The van der Waals surface area contributed by atoms with E-state index in [1.54, 1.807) is 19.0 Å². The summed E-state index contributed by atoms with van der Waals surface area (Å²) >= 11 is 1.20. The van der Waals surface area contributed by atoms with E-state index in [2.05, 4.69) is 4.99 Å². The van der Waals surface area contributed by atoms with Crippen LogP contribution in [0.1, 0.15) is 5.76 Å². The molecule has 8 heteroatoms. The maximum Gasteiger partial charge on any atom is 0.433 e. The predicted molar refractivity (Wildman–Crippen MR) is 67.1 cm³/mol. The number of nitro groups is 1. The van der Waals surface area contributed by atoms with E-state index >= 15 is 0 Å². The first-order valence-corrected chi connectivity index (χ1v) is 5.73. The molecule has 0 atom stereocenters. The van der Waals surface area contributed by atoms with Gasteiger partial charge >= 0.3 is 5.88 Å². The van der Waals surface area contributed by atoms with Crippen LogP contribution in [0.25, 0.3) is 6.08 Å². The van der Waals surface area contributed by atoms with Crippen LogP contribution >= 0.6 is 11.8 Å². The fourth-order valence-corrected chi connectivity index (χ4v) is 2.05. The number of amides is 1. The average Bonchev–Trinajstić information content (AvgIpc) is 2.87. The summed E-state index contributed by atoms with van der Waals surface area (Å²) in [5.74, 6) is -0.471. The smallest absolute Gasteiger partial charge is 0.401 e. The second-order valence-electron chi connectivity index (χ2n) is 3.64. The van der Waals surface area contributed by atoms with E-state index in [0.29, 0.717) is 10.1 Å². The Morgan fingerprint density at radius 2 is 2.22 bits per heavy atom. The highest BCUT2D eigenvalue weighted by atomic mass is 32.2. The van der Waals surface area contributed by atoms with Crippen LogP contribution < -0.4 is 0 Å². The zero-order valence-corrected chi connectivity index (χ0v) is 10.4. The number of hydrogen-bond acceptors (Lipinski definition) is 6. The van der Waals surface area contributed by atoms with Crippen LogP contribution in [-0.2, 0) is 4.79 Å². The Bertz CT molecular complexity index is 573. The van der Waals surface area contributed by atoms with Crippen molar-refractivity contribution in [2.75, 3.05) is 14.1 Å². The molecular formula is C10H9N3O4S. The molecule has 0 N–H and O–H groups in total. The molecule has 18 heavy (non-hydrogen) atoms. The molecule has 1 aromatic rings. The zero-order chi connectivity index (χ0) is 13.3. The standard InChI is InChI=1S/C10H9N3O4S/c1-12(2)10-11-9(14)7(18-10)5-6-3-4-8(17-6)13(15)16/h3-5H,1-2H3/b7-5-. The third kappa shape index (κ3) is 2.43. The lowest BCUT2D eigenvalue weighted by molar-refractivity contribution is -0.402. The van der Waals surface area contributed by atoms with Gasteiger partial charge in [-0.25, -0.2) is 0 Å². The second kappa shape index (κ2) is 4.65. The number of aliphatic imine (C=N–C) groups is 1. The first kappa shape index (κ1) is 12.4. The van der Waals surface area contributed by atoms with Gasteiger partial charge in [-0.3, -0.25) is 14.9 Å². The molecular weight excluding hydrogens is 258 g/mol. The van der Waals surface area contributed by atoms with Crippen molar-refractivity contribution in [2.24, 2.45) is 4.99 Å². The first-order valence-electron chi connectivity index (χ1n) is 4.91. The Morgan fingerprint density at radius 1 is 1.50 bits per heavy atom. The molecule has 2 heterocycles. The van der Waals surface area contributed by atoms with Crippen LogP contribution in [0.3, 0.4) is 0 Å². The molecule has 1 aromatic heterocycles. The molecule has 0 saturated carbocycles. The fourth-order valence-electron chi connectivity index (χ4n) is 1.24. The Labute approximate surface area is 106 Å². The summed E-state index contributed by atoms with van der Waals surface area (Å²) in [6, 6.07) is 2.68. The van der Waals surface area contributed by atoms with E-state index in [1.807, 2.05) is 0 Å². The number of carbonyl (C=O) groups is 1. The average molecular weight is 267 g/mol. The van der Waals surface area contributed by atoms with Crippen molar-refractivity contribution >= 4 is 34.8 Å². The molecule has 1 amide bonds. The lowest BCUT2D eigenvalue weighted by atomic mass is 10.4. The fraction of sp³-hybridized carbons (Fsp3) is 0.200. The van der Waals surface area contributed by atoms with Crippen molar-refractivity contribution in [1.29, 1.82) is 0 Å². The molecule has 0 aliphatic carbocycles. The van der Waals surface area contributed by atoms with Crippen molar-refractivity contribution in [3.63, 3.8) is 0 Å². The van der Waals surface area contributed by atoms with Gasteiger partial charge in [-0.1, -0.05) is 0 Å². The van der Waals surface area contributed by atoms with Gasteiger partial charge in [0.15, 0.2) is 5.17 Å². The molecule has 1 aliphatic rings. The van der Waals surface area contributed by atoms with E-state index in [-0.39, 0.29) is 17.6 Å². The number of rotatable bonds is 2. The van der Waals surface area contributed by atoms with E-state index < -0.39 is 4.92 Å². The quantitative estimate of drug-likeness (QED) is 0.460. The lowest BCUT2D eigenvalue weighted by Gasteiger charge is -2.08. The van der Waals surface area contributed by atoms with Crippen LogP contribution in [0.4, 0.5) is 5.88 Å². The van der Waals surface area contributed by atoms with E-state index in [4.69, 9.17) is 4.42 Å². The minimum absolute atomic E-state index is 0.257. The normalized spacial score (nSPS) is 17.1. The van der Waals surface area contributed by atoms with Crippen molar-refractivity contribution in [2.45, 2.75) is 0 Å². The number of furan rings is 1. The van der Waals surface area contributed by atoms with E-state index in [9.17, 15) is 14.9 Å². The van der Waals surface area contributed by atoms with Gasteiger partial charge in [-0.15, -0.1) is 0 Å². The zero-order valence-electron chi connectivity index (χ0n) is 9.61. The summed E-state index contributed by atoms with van der Waals surface area (Å²) in [5, 5.41) is 11.0. The molecule has 94 valence electrons. The van der Waals surface area contributed by atoms with Crippen LogP contribution in [0, 0.1) is 10.1 Å². The van der Waals surface area contributed by atoms with Gasteiger partial charge in [0, 0.05) is 20.2 Å². The first-order chi connectivity index (χ1) is 8.47. The van der Waals surface area contributed by atoms with Gasteiger partial charge in [0.2, 0.25) is 0 Å². The molecule has 1 aliphatic heterocycles. The van der Waals surface area contributed by atoms with E-state index in [0.717, 1.165) is 0 Å². The van der Waals surface area contributed by atoms with Crippen molar-refractivity contribution in [3.8, 4) is 0 Å². The van der Waals surface area contributed by atoms with Crippen molar-refractivity contribution in [1.82, 2.24) is 4.90 Å². The molecule has 0 spiro atoms. The third-order valence-corrected chi connectivity index (χ3v) is 3.21. The van der Waals surface area contributed by atoms with Gasteiger partial charge in [0.05, 0.1) is 11.0 Å². The summed E-state index contributed by atoms with van der Waals surface area (Å²) in [5.41, 5.74) is 0. The number of amidine groups is 1. The predicted octanol–water partition coefficient (Wildman–Crippen LogP) is 1.72. The van der Waals surface area contributed by atoms with Gasteiger partial charge in [0.25, 0.3) is 5.91 Å². The summed E-state index contributed by atoms with van der Waals surface area (Å²) in [6.07, 6.45) is 1.44. The third-order valence-electron chi connectivity index (χ3n) is 2.06. The summed E-state index contributed by atoms with van der Waals surface area (Å²) in [7, 11) is 3.56. The highest BCUT2D eigenvalue weighted by molar-refractivity contribution is 8.18. The SMILES string of the molecule is CN(C)C1=NC(=O)/C(=C/c2ccc([N+](=O)[O-])o2)S1.